The first-order chi connectivity index (χ1) is 15.0. The van der Waals surface area contributed by atoms with Gasteiger partial charge in [-0.15, -0.1) is 0 Å². The molecule has 0 aliphatic carbocycles. The summed E-state index contributed by atoms with van der Waals surface area (Å²) in [6.45, 7) is 0.743. The third-order valence-corrected chi connectivity index (χ3v) is 6.37. The first kappa shape index (κ1) is 19.6. The van der Waals surface area contributed by atoms with Gasteiger partial charge in [-0.25, -0.2) is 0 Å². The average molecular weight is 420 g/mol. The minimum absolute atomic E-state index is 0.0957. The number of nitrogens with zero attached hydrogens (tertiary/aromatic N) is 1. The Morgan fingerprint density at radius 3 is 2.68 bits per heavy atom. The van der Waals surface area contributed by atoms with Crippen LogP contribution in [0.3, 0.4) is 0 Å². The number of anilines is 1. The van der Waals surface area contributed by atoms with E-state index in [1.807, 2.05) is 60.7 Å². The van der Waals surface area contributed by atoms with E-state index in [1.54, 1.807) is 19.1 Å². The zero-order chi connectivity index (χ0) is 21.6. The maximum Gasteiger partial charge on any atom is 0.234 e. The molecule has 0 unspecified atom stereocenters. The Morgan fingerprint density at radius 1 is 1.16 bits per heavy atom. The van der Waals surface area contributed by atoms with Crippen molar-refractivity contribution < 1.29 is 23.8 Å². The topological polar surface area (TPSA) is 77.1 Å². The van der Waals surface area contributed by atoms with E-state index >= 15 is 0 Å². The van der Waals surface area contributed by atoms with E-state index in [1.165, 1.54) is 0 Å². The van der Waals surface area contributed by atoms with Gasteiger partial charge in [0.1, 0.15) is 17.1 Å². The molecule has 0 radical (unpaired) electrons. The molecule has 3 aliphatic rings. The van der Waals surface area contributed by atoms with Crippen molar-refractivity contribution in [3.63, 3.8) is 0 Å². The van der Waals surface area contributed by atoms with Crippen LogP contribution in [0.5, 0.6) is 11.5 Å². The maximum atomic E-state index is 13.4. The fourth-order valence-corrected chi connectivity index (χ4v) is 4.88. The molecular weight excluding hydrogens is 396 g/mol. The number of hydrogen-bond donors (Lipinski definition) is 1. The van der Waals surface area contributed by atoms with Gasteiger partial charge in [0.05, 0.1) is 38.7 Å². The molecule has 2 saturated heterocycles. The molecule has 3 aliphatic heterocycles. The maximum absolute atomic E-state index is 13.4. The molecular formula is C24H24N2O5. The van der Waals surface area contributed by atoms with Crippen molar-refractivity contribution in [3.8, 4) is 11.5 Å². The Morgan fingerprint density at radius 2 is 1.90 bits per heavy atom. The number of carbonyl (C=O) groups excluding carboxylic acids is 2. The Hall–Kier alpha value is -3.32. The summed E-state index contributed by atoms with van der Waals surface area (Å²) >= 11 is 0. The zero-order valence-electron chi connectivity index (χ0n) is 17.4. The van der Waals surface area contributed by atoms with E-state index in [0.29, 0.717) is 18.8 Å². The van der Waals surface area contributed by atoms with Gasteiger partial charge in [0, 0.05) is 18.3 Å². The van der Waals surface area contributed by atoms with E-state index in [0.717, 1.165) is 17.0 Å². The molecule has 3 heterocycles. The smallest absolute Gasteiger partial charge is 0.234 e. The minimum Gasteiger partial charge on any atom is -0.497 e. The van der Waals surface area contributed by atoms with Crippen LogP contribution in [0.1, 0.15) is 5.56 Å². The molecule has 2 aromatic carbocycles. The molecule has 2 amide bonds. The molecule has 160 valence electrons. The lowest BCUT2D eigenvalue weighted by Crippen LogP contribution is -2.43. The van der Waals surface area contributed by atoms with Crippen LogP contribution < -0.4 is 19.7 Å². The average Bonchev–Trinajstić information content (AvgIpc) is 3.46. The van der Waals surface area contributed by atoms with E-state index in [9.17, 15) is 9.59 Å². The van der Waals surface area contributed by atoms with E-state index in [-0.39, 0.29) is 17.9 Å². The molecule has 7 nitrogen and oxygen atoms in total. The molecule has 5 rings (SSSR count). The van der Waals surface area contributed by atoms with Crippen LogP contribution >= 0.6 is 0 Å². The molecule has 0 saturated carbocycles. The molecule has 2 fully saturated rings. The highest BCUT2D eigenvalue weighted by Crippen LogP contribution is 2.52. The minimum atomic E-state index is -0.761. The van der Waals surface area contributed by atoms with Gasteiger partial charge in [-0.2, -0.15) is 0 Å². The number of benzene rings is 2. The molecule has 1 spiro atoms. The first-order valence-corrected chi connectivity index (χ1v) is 10.3. The summed E-state index contributed by atoms with van der Waals surface area (Å²) in [7, 11) is 3.20. The highest BCUT2D eigenvalue weighted by molar-refractivity contribution is 6.03. The van der Waals surface area contributed by atoms with Crippen LogP contribution in [0.4, 0.5) is 5.69 Å². The fraction of sp³-hybridized carbons (Fsp3) is 0.333. The van der Waals surface area contributed by atoms with Gasteiger partial charge in [-0.05, 0) is 29.8 Å². The highest BCUT2D eigenvalue weighted by atomic mass is 16.5. The number of rotatable bonds is 6. The number of nitrogens with one attached hydrogen (secondary N) is 1. The highest BCUT2D eigenvalue weighted by Gasteiger charge is 2.67. The Labute approximate surface area is 180 Å². The van der Waals surface area contributed by atoms with Crippen molar-refractivity contribution in [2.75, 3.05) is 25.7 Å². The molecule has 0 aromatic heterocycles. The number of methoxy groups -OCH3 is 2. The second-order valence-electron chi connectivity index (χ2n) is 8.10. The van der Waals surface area contributed by atoms with Crippen LogP contribution in [0, 0.1) is 11.8 Å². The van der Waals surface area contributed by atoms with Crippen molar-refractivity contribution >= 4 is 17.5 Å². The molecule has 31 heavy (non-hydrogen) atoms. The largest absolute Gasteiger partial charge is 0.497 e. The zero-order valence-corrected chi connectivity index (χ0v) is 17.4. The van der Waals surface area contributed by atoms with Crippen molar-refractivity contribution in [1.29, 1.82) is 0 Å². The molecule has 1 N–H and O–H groups in total. The normalized spacial score (nSPS) is 28.0. The Balaban J connectivity index is 1.36. The number of hydrogen-bond acceptors (Lipinski definition) is 5. The summed E-state index contributed by atoms with van der Waals surface area (Å²) in [5.41, 5.74) is 0.907. The van der Waals surface area contributed by atoms with E-state index in [2.05, 4.69) is 5.32 Å². The van der Waals surface area contributed by atoms with Gasteiger partial charge in [0.2, 0.25) is 11.8 Å². The second kappa shape index (κ2) is 7.42. The van der Waals surface area contributed by atoms with Crippen molar-refractivity contribution in [2.24, 2.45) is 11.8 Å². The van der Waals surface area contributed by atoms with Gasteiger partial charge in [-0.3, -0.25) is 9.59 Å². The van der Waals surface area contributed by atoms with Crippen LogP contribution in [0.25, 0.3) is 0 Å². The number of fused-ring (bicyclic) bond motifs is 1. The van der Waals surface area contributed by atoms with Gasteiger partial charge >= 0.3 is 0 Å². The Kier molecular flexibility index (Phi) is 4.70. The van der Waals surface area contributed by atoms with E-state index in [4.69, 9.17) is 14.2 Å². The predicted molar refractivity (Wildman–Crippen MR) is 114 cm³/mol. The molecule has 7 heteroatoms. The van der Waals surface area contributed by atoms with Crippen LogP contribution in [0.2, 0.25) is 0 Å². The van der Waals surface area contributed by atoms with Gasteiger partial charge in [0.15, 0.2) is 0 Å². The van der Waals surface area contributed by atoms with Gasteiger partial charge < -0.3 is 24.4 Å². The number of carbonyl (C=O) groups is 2. The third kappa shape index (κ3) is 3.16. The van der Waals surface area contributed by atoms with Gasteiger partial charge in [0.25, 0.3) is 0 Å². The standard InChI is InChI=1S/C24H24N2O5/c1-29-17-7-3-5-15(11-17)13-25-22(27)20-19-9-10-24(31-19)14-26(23(28)21(20)24)16-6-4-8-18(12-16)30-2/h3-12,19-21H,13-14H2,1-2H3,(H,25,27)/t19-,20+,21+,24-/m1/s1. The summed E-state index contributed by atoms with van der Waals surface area (Å²) in [5.74, 6) is 0.0363. The molecule has 4 atom stereocenters. The SMILES string of the molecule is COc1cccc(CNC(=O)[C@@H]2[C@H]3C(=O)N(c4cccc(OC)c4)C[C@]34C=C[C@H]2O4)c1. The van der Waals surface area contributed by atoms with Crippen molar-refractivity contribution in [3.05, 3.63) is 66.2 Å². The number of ether oxygens (including phenoxy) is 3. The van der Waals surface area contributed by atoms with Crippen molar-refractivity contribution in [2.45, 2.75) is 18.2 Å². The van der Waals surface area contributed by atoms with Crippen LogP contribution in [-0.2, 0) is 20.9 Å². The summed E-state index contributed by atoms with van der Waals surface area (Å²) in [5, 5.41) is 2.98. The quantitative estimate of drug-likeness (QED) is 0.726. The lowest BCUT2D eigenvalue weighted by molar-refractivity contribution is -0.132. The monoisotopic (exact) mass is 420 g/mol. The van der Waals surface area contributed by atoms with Crippen LogP contribution in [-0.4, -0.2) is 44.3 Å². The van der Waals surface area contributed by atoms with Gasteiger partial charge in [-0.1, -0.05) is 30.4 Å². The lowest BCUT2D eigenvalue weighted by atomic mass is 9.77. The van der Waals surface area contributed by atoms with Crippen molar-refractivity contribution in [1.82, 2.24) is 5.32 Å². The third-order valence-electron chi connectivity index (χ3n) is 6.37. The summed E-state index contributed by atoms with van der Waals surface area (Å²) < 4.78 is 16.7. The number of amides is 2. The molecule has 2 aromatic rings. The summed E-state index contributed by atoms with van der Waals surface area (Å²) in [6, 6.07) is 14.9. The summed E-state index contributed by atoms with van der Waals surface area (Å²) in [4.78, 5) is 28.3. The first-order valence-electron chi connectivity index (χ1n) is 10.3. The second-order valence-corrected chi connectivity index (χ2v) is 8.10. The predicted octanol–water partition coefficient (Wildman–Crippen LogP) is 2.31. The lowest BCUT2D eigenvalue weighted by Gasteiger charge is -2.23. The van der Waals surface area contributed by atoms with E-state index < -0.39 is 17.4 Å². The van der Waals surface area contributed by atoms with Crippen LogP contribution in [0.15, 0.2) is 60.7 Å². The molecule has 2 bridgehead atoms. The Bertz CT molecular complexity index is 1070. The fourth-order valence-electron chi connectivity index (χ4n) is 4.88. The summed E-state index contributed by atoms with van der Waals surface area (Å²) in [6.07, 6.45) is 3.48.